The quantitative estimate of drug-likeness (QED) is 0.0102. The third-order valence-corrected chi connectivity index (χ3v) is 19.9. The van der Waals surface area contributed by atoms with E-state index in [2.05, 4.69) is 84.1 Å². The van der Waals surface area contributed by atoms with Crippen LogP contribution >= 0.6 is 0 Å². The van der Waals surface area contributed by atoms with Crippen LogP contribution in [0.4, 0.5) is 0 Å². The van der Waals surface area contributed by atoms with Gasteiger partial charge in [-0.1, -0.05) is 101 Å². The summed E-state index contributed by atoms with van der Waals surface area (Å²) in [7, 11) is 0. The fraction of sp³-hybridized carbons (Fsp3) is 0.506. The molecule has 119 heavy (non-hydrogen) atoms. The van der Waals surface area contributed by atoms with Crippen LogP contribution in [0.25, 0.3) is 10.9 Å². The minimum Gasteiger partial charge on any atom is -0.508 e. The summed E-state index contributed by atoms with van der Waals surface area (Å²) in [5.41, 5.74) is 19.3. The number of imidazole rings is 1. The summed E-state index contributed by atoms with van der Waals surface area (Å²) in [5, 5.41) is 82.1. The molecule has 5 aromatic rings. The number of aliphatic hydroxyl groups is 2. The number of nitrogens with two attached hydrogens (primary N) is 3. The Bertz CT molecular complexity index is 4280. The van der Waals surface area contributed by atoms with Crippen LogP contribution in [0.3, 0.4) is 0 Å². The number of aliphatic hydroxyl groups excluding tert-OH is 2. The molecule has 13 atom stereocenters. The monoisotopic (exact) mass is 1660 g/mol. The highest BCUT2D eigenvalue weighted by molar-refractivity contribution is 6.01. The fourth-order valence-corrected chi connectivity index (χ4v) is 13.4. The van der Waals surface area contributed by atoms with Crippen LogP contribution < -0.4 is 86.3 Å². The molecule has 40 heteroatoms. The van der Waals surface area contributed by atoms with E-state index < -0.39 is 212 Å². The van der Waals surface area contributed by atoms with Gasteiger partial charge in [0, 0.05) is 74.9 Å². The number of benzene rings is 3. The number of nitrogens with one attached hydrogen (secondary N) is 16. The third-order valence-electron chi connectivity index (χ3n) is 19.9. The molecular weight excluding hydrogens is 1550 g/mol. The number of aromatic amines is 2. The number of aromatic hydroxyl groups is 1. The van der Waals surface area contributed by atoms with Crippen LogP contribution in [0, 0.1) is 11.3 Å². The molecule has 3 aromatic carbocycles. The first kappa shape index (κ1) is 95.3. The van der Waals surface area contributed by atoms with Crippen molar-refractivity contribution >= 4 is 106 Å². The van der Waals surface area contributed by atoms with Gasteiger partial charge >= 0.3 is 5.97 Å². The predicted octanol–water partition coefficient (Wildman–Crippen LogP) is -3.54. The number of phenolic OH excluding ortho intramolecular Hbond substituents is 1. The van der Waals surface area contributed by atoms with Crippen molar-refractivity contribution in [3.8, 4) is 5.75 Å². The van der Waals surface area contributed by atoms with Crippen molar-refractivity contribution < 1.29 is 92.3 Å². The molecule has 6 rings (SSSR count). The fourth-order valence-electron chi connectivity index (χ4n) is 13.4. The third kappa shape index (κ3) is 30.4. The maximum absolute atomic E-state index is 15.4. The molecule has 0 spiro atoms. The average molecular weight is 1660 g/mol. The van der Waals surface area contributed by atoms with Crippen LogP contribution in [0.1, 0.15) is 140 Å². The number of unbranched alkanes of at least 4 members (excludes halogenated alkanes) is 2. The number of hydrogen-bond donors (Lipinski definition) is 23. The number of fused-ring (bicyclic) bond motifs is 1. The topological polar surface area (TPSA) is 643 Å². The smallest absolute Gasteiger partial charge is 0.303 e. The van der Waals surface area contributed by atoms with E-state index in [0.29, 0.717) is 53.3 Å². The van der Waals surface area contributed by atoms with E-state index in [1.165, 1.54) is 41.7 Å². The maximum Gasteiger partial charge on any atom is 0.303 e. The van der Waals surface area contributed by atoms with Gasteiger partial charge in [-0.3, -0.25) is 77.3 Å². The summed E-state index contributed by atoms with van der Waals surface area (Å²) in [4.78, 5) is 221. The lowest BCUT2D eigenvalue weighted by atomic mass is 9.91. The molecule has 1 aliphatic rings. The second-order valence-electron chi connectivity index (χ2n) is 29.4. The molecule has 0 unspecified atom stereocenters. The molecule has 1 saturated heterocycles. The van der Waals surface area contributed by atoms with Crippen molar-refractivity contribution in [2.45, 2.75) is 209 Å². The lowest BCUT2D eigenvalue weighted by Gasteiger charge is -2.30. The molecule has 0 bridgehead atoms. The van der Waals surface area contributed by atoms with Crippen molar-refractivity contribution in [1.82, 2.24) is 89.0 Å². The van der Waals surface area contributed by atoms with Gasteiger partial charge in [0.25, 0.3) is 0 Å². The van der Waals surface area contributed by atoms with Crippen LogP contribution in [-0.2, 0) is 91.2 Å². The van der Waals surface area contributed by atoms with E-state index in [-0.39, 0.29) is 88.4 Å². The van der Waals surface area contributed by atoms with Crippen molar-refractivity contribution in [2.24, 2.45) is 23.1 Å². The number of phenols is 1. The number of hydrogen-bond acceptors (Lipinski definition) is 21. The first-order valence-corrected chi connectivity index (χ1v) is 39.5. The normalized spacial score (nSPS) is 15.5. The number of rotatable bonds is 50. The molecule has 0 saturated carbocycles. The number of carboxylic acids is 1. The molecular formula is C79H113N21O19. The predicted molar refractivity (Wildman–Crippen MR) is 432 cm³/mol. The Morgan fingerprint density at radius 2 is 1.12 bits per heavy atom. The Labute approximate surface area is 687 Å². The molecule has 2 aromatic heterocycles. The molecule has 0 radical (unpaired) electrons. The van der Waals surface area contributed by atoms with E-state index in [1.54, 1.807) is 88.5 Å². The second-order valence-corrected chi connectivity index (χ2v) is 29.4. The van der Waals surface area contributed by atoms with Gasteiger partial charge in [-0.15, -0.1) is 0 Å². The standard InChI is InChI=1S/C79H113N21O19/c1-6-7-20-53(91-75(116)61(41-102)97-72(113)57(34-46-25-27-50(104)28-26-46)94-74(115)60(40-101)89-45(5)103)69(110)92-55(29-30-64(106)107)71(112)96-59(36-49-38-84-42-88-49)73(114)99-66(44(4)47-17-9-8-10-18-47)77(118)93-54(23-15-32-85-79(82)83)70(111)95-58(35-48-37-86-52-21-12-11-19-51(48)52)68(109)87-39-63(105)90-56(22-13-14-31-80)78(119)100-33-16-24-62(100)76(117)98-65(43(2)3)67(81)108/h8-12,17-19,21,25-28,37-38,42-44,53-62,65-66,86,101-102,104H,6-7,13-16,20,22-24,29-36,39-41,80H2,1-5H3,(H2,81,108)(H,84,88)(H,87,109)(H,89,103)(H,90,105)(H,91,116)(H,92,110)(H,93,118)(H,94,115)(H,95,111)(H,96,112)(H,97,113)(H,98,117)(H,99,114)(H,106,107)(H4,82,83,85)/t44-,53-,54-,55-,56-,57-,58-,59-,60-,61-,62-,65-,66-/m0/s1. The van der Waals surface area contributed by atoms with Crippen molar-refractivity contribution in [2.75, 3.05) is 39.4 Å². The number of carbonyl (C=O) groups excluding carboxylic acids is 14. The van der Waals surface area contributed by atoms with Gasteiger partial charge in [-0.2, -0.15) is 0 Å². The number of primary amides is 1. The zero-order valence-electron chi connectivity index (χ0n) is 67.2. The van der Waals surface area contributed by atoms with E-state index in [0.717, 1.165) is 6.92 Å². The van der Waals surface area contributed by atoms with Crippen LogP contribution in [0.5, 0.6) is 5.75 Å². The number of para-hydroxylation sites is 1. The Morgan fingerprint density at radius 3 is 1.70 bits per heavy atom. The number of likely N-dealkylation sites (tertiary alicyclic amines) is 1. The summed E-state index contributed by atoms with van der Waals surface area (Å²) < 4.78 is 0. The Balaban J connectivity index is 1.27. The minimum atomic E-state index is -1.83. The van der Waals surface area contributed by atoms with Gasteiger partial charge in [0.15, 0.2) is 5.96 Å². The van der Waals surface area contributed by atoms with Gasteiger partial charge in [0.05, 0.1) is 31.8 Å². The number of aliphatic carboxylic acids is 1. The maximum atomic E-state index is 15.4. The number of H-pyrrole nitrogens is 2. The molecule has 40 nitrogen and oxygen atoms in total. The summed E-state index contributed by atoms with van der Waals surface area (Å²) in [6.45, 7) is 5.54. The van der Waals surface area contributed by atoms with Crippen molar-refractivity contribution in [1.29, 1.82) is 5.41 Å². The van der Waals surface area contributed by atoms with E-state index in [4.69, 9.17) is 22.6 Å². The number of guanidine groups is 1. The van der Waals surface area contributed by atoms with E-state index in [9.17, 15) is 78.0 Å². The molecule has 1 fully saturated rings. The largest absolute Gasteiger partial charge is 0.508 e. The number of carbonyl (C=O) groups is 15. The summed E-state index contributed by atoms with van der Waals surface area (Å²) >= 11 is 0. The van der Waals surface area contributed by atoms with Gasteiger partial charge in [0.2, 0.25) is 82.7 Å². The molecule has 26 N–H and O–H groups in total. The highest BCUT2D eigenvalue weighted by Gasteiger charge is 2.41. The van der Waals surface area contributed by atoms with Crippen molar-refractivity contribution in [3.05, 3.63) is 120 Å². The Hall–Kier alpha value is -12.6. The zero-order chi connectivity index (χ0) is 87.4. The van der Waals surface area contributed by atoms with Gasteiger partial charge in [-0.05, 0) is 105 Å². The highest BCUT2D eigenvalue weighted by atomic mass is 16.4. The average Bonchev–Trinajstić information content (AvgIpc) is 1.74. The lowest BCUT2D eigenvalue weighted by molar-refractivity contribution is -0.142. The molecule has 648 valence electrons. The number of aromatic nitrogens is 3. The minimum absolute atomic E-state index is 0.00796. The lowest BCUT2D eigenvalue weighted by Crippen LogP contribution is -2.61. The van der Waals surface area contributed by atoms with E-state index >= 15 is 14.4 Å². The number of nitrogens with zero attached hydrogens (tertiary/aromatic N) is 2. The van der Waals surface area contributed by atoms with Crippen molar-refractivity contribution in [3.63, 3.8) is 0 Å². The van der Waals surface area contributed by atoms with E-state index in [1.807, 2.05) is 0 Å². The summed E-state index contributed by atoms with van der Waals surface area (Å²) in [6, 6.07) is 2.97. The SMILES string of the molecule is CCCC[C@H](NC(=O)[C@H](CO)NC(=O)[C@H](Cc1ccc(O)cc1)NC(=O)[C@H](CO)NC(C)=O)C(=O)N[C@@H](CCC(=O)O)C(=O)N[C@@H](Cc1c[nH]cn1)C(=O)N[C@H](C(=O)N[C@@H](CCCNC(=N)N)C(=O)N[C@@H](Cc1c[nH]c2ccccc12)C(=O)NCC(=O)N[C@@H](CCCCN)C(=O)N1CCC[C@H]1C(=O)N[C@H](C(N)=O)C(C)C)[C@@H](C)c1ccccc1. The zero-order valence-corrected chi connectivity index (χ0v) is 67.2. The Kier molecular flexibility index (Phi) is 38.6. The second kappa shape index (κ2) is 48.2. The molecule has 1 aliphatic heterocycles. The van der Waals surface area contributed by atoms with Crippen LogP contribution in [0.2, 0.25) is 0 Å². The van der Waals surface area contributed by atoms with Gasteiger partial charge in [0.1, 0.15) is 78.3 Å². The van der Waals surface area contributed by atoms with Gasteiger partial charge in [-0.25, -0.2) is 4.98 Å². The Morgan fingerprint density at radius 1 is 0.571 bits per heavy atom. The van der Waals surface area contributed by atoms with Crippen LogP contribution in [-0.4, -0.2) is 247 Å². The number of carboxylic acid groups (broad SMARTS) is 1. The molecule has 14 amide bonds. The molecule has 3 heterocycles. The molecule has 0 aliphatic carbocycles. The summed E-state index contributed by atoms with van der Waals surface area (Å²) in [6.07, 6.45) is 4.00. The first-order chi connectivity index (χ1) is 56.7. The number of amides is 14. The first-order valence-electron chi connectivity index (χ1n) is 39.5. The highest BCUT2D eigenvalue weighted by Crippen LogP contribution is 2.25. The summed E-state index contributed by atoms with van der Waals surface area (Å²) in [5.74, 6) is -16.1. The van der Waals surface area contributed by atoms with Crippen LogP contribution in [0.15, 0.2) is 97.6 Å². The van der Waals surface area contributed by atoms with Gasteiger partial charge < -0.3 is 122 Å².